The third-order valence-corrected chi connectivity index (χ3v) is 4.00. The average molecular weight is 195 g/mol. The molecule has 0 radical (unpaired) electrons. The zero-order valence-electron chi connectivity index (χ0n) is 8.96. The van der Waals surface area contributed by atoms with Crippen molar-refractivity contribution in [2.75, 3.05) is 0 Å². The molecule has 0 unspecified atom stereocenters. The average Bonchev–Trinajstić information content (AvgIpc) is 2.38. The highest BCUT2D eigenvalue weighted by Gasteiger charge is 2.54. The van der Waals surface area contributed by atoms with Crippen LogP contribution >= 0.6 is 0 Å². The molecule has 0 aromatic heterocycles. The van der Waals surface area contributed by atoms with Crippen LogP contribution in [-0.4, -0.2) is 17.2 Å². The Labute approximate surface area is 84.2 Å². The van der Waals surface area contributed by atoms with Gasteiger partial charge in [0.05, 0.1) is 0 Å². The first-order chi connectivity index (χ1) is 6.46. The van der Waals surface area contributed by atoms with E-state index in [0.29, 0.717) is 12.3 Å². The number of amides is 1. The second-order valence-electron chi connectivity index (χ2n) is 5.04. The number of hydrogen-bond acceptors (Lipinski definition) is 2. The molecule has 3 atom stereocenters. The topological polar surface area (TPSA) is 46.2 Å². The molecule has 0 spiro atoms. The third-order valence-electron chi connectivity index (χ3n) is 4.00. The molecule has 1 heterocycles. The maximum atomic E-state index is 11.7. The summed E-state index contributed by atoms with van der Waals surface area (Å²) in [6, 6.07) is 0. The molecule has 3 nitrogen and oxygen atoms in total. The summed E-state index contributed by atoms with van der Waals surface area (Å²) >= 11 is 0. The van der Waals surface area contributed by atoms with Gasteiger partial charge in [0.2, 0.25) is 5.91 Å². The Balaban J connectivity index is 2.34. The van der Waals surface area contributed by atoms with Crippen molar-refractivity contribution < 1.29 is 9.59 Å². The van der Waals surface area contributed by atoms with Crippen LogP contribution in [0.2, 0.25) is 0 Å². The largest absolute Gasteiger partial charge is 0.350 e. The van der Waals surface area contributed by atoms with Crippen molar-refractivity contribution in [3.05, 3.63) is 0 Å². The van der Waals surface area contributed by atoms with E-state index in [4.69, 9.17) is 0 Å². The SMILES string of the molecule is CC(C)[C@@]12CC(=O)[C@H](C)[C@@H](C1)C(=O)N2. The third kappa shape index (κ3) is 1.11. The van der Waals surface area contributed by atoms with Gasteiger partial charge in [-0.15, -0.1) is 0 Å². The quantitative estimate of drug-likeness (QED) is 0.681. The standard InChI is InChI=1S/C11H17NO2/c1-6(2)11-4-8(10(14)12-11)7(3)9(13)5-11/h6-8H,4-5H2,1-3H3,(H,12,14)/t7-,8-,11+/m1/s1. The molecular weight excluding hydrogens is 178 g/mol. The minimum absolute atomic E-state index is 0.0707. The summed E-state index contributed by atoms with van der Waals surface area (Å²) < 4.78 is 0. The van der Waals surface area contributed by atoms with Gasteiger partial charge in [0, 0.05) is 23.8 Å². The van der Waals surface area contributed by atoms with Gasteiger partial charge in [0.1, 0.15) is 5.78 Å². The number of carbonyl (C=O) groups excluding carboxylic acids is 2. The Morgan fingerprint density at radius 3 is 2.64 bits per heavy atom. The molecule has 1 aliphatic heterocycles. The first-order valence-corrected chi connectivity index (χ1v) is 5.31. The van der Waals surface area contributed by atoms with Gasteiger partial charge < -0.3 is 5.32 Å². The van der Waals surface area contributed by atoms with Crippen molar-refractivity contribution in [3.8, 4) is 0 Å². The van der Waals surface area contributed by atoms with Crippen LogP contribution in [0.15, 0.2) is 0 Å². The maximum absolute atomic E-state index is 11.7. The second-order valence-corrected chi connectivity index (χ2v) is 5.04. The maximum Gasteiger partial charge on any atom is 0.224 e. The van der Waals surface area contributed by atoms with Crippen LogP contribution in [-0.2, 0) is 9.59 Å². The van der Waals surface area contributed by atoms with Gasteiger partial charge in [0.15, 0.2) is 0 Å². The molecule has 2 rings (SSSR count). The monoisotopic (exact) mass is 195 g/mol. The van der Waals surface area contributed by atoms with E-state index in [1.165, 1.54) is 0 Å². The summed E-state index contributed by atoms with van der Waals surface area (Å²) in [5.74, 6) is 0.515. The summed E-state index contributed by atoms with van der Waals surface area (Å²) in [6.45, 7) is 6.03. The second kappa shape index (κ2) is 2.81. The summed E-state index contributed by atoms with van der Waals surface area (Å²) in [6.07, 6.45) is 1.37. The number of nitrogens with one attached hydrogen (secondary N) is 1. The highest BCUT2D eigenvalue weighted by Crippen LogP contribution is 2.43. The van der Waals surface area contributed by atoms with E-state index in [2.05, 4.69) is 19.2 Å². The Kier molecular flexibility index (Phi) is 1.95. The van der Waals surface area contributed by atoms with E-state index in [0.717, 1.165) is 6.42 Å². The molecule has 2 aliphatic rings. The number of fused-ring (bicyclic) bond motifs is 2. The van der Waals surface area contributed by atoms with E-state index in [-0.39, 0.29) is 29.1 Å². The van der Waals surface area contributed by atoms with Crippen LogP contribution in [0.3, 0.4) is 0 Å². The van der Waals surface area contributed by atoms with Gasteiger partial charge in [-0.1, -0.05) is 20.8 Å². The number of Topliss-reactive ketones (excluding diaryl/α,β-unsaturated/α-hetero) is 1. The zero-order valence-corrected chi connectivity index (χ0v) is 8.96. The van der Waals surface area contributed by atoms with Crippen molar-refractivity contribution >= 4 is 11.7 Å². The predicted octanol–water partition coefficient (Wildman–Crippen LogP) is 1.13. The lowest BCUT2D eigenvalue weighted by Crippen LogP contribution is -2.48. The highest BCUT2D eigenvalue weighted by molar-refractivity contribution is 5.94. The van der Waals surface area contributed by atoms with Crippen LogP contribution in [0.1, 0.15) is 33.6 Å². The lowest BCUT2D eigenvalue weighted by Gasteiger charge is -2.36. The first kappa shape index (κ1) is 9.69. The van der Waals surface area contributed by atoms with Gasteiger partial charge in [-0.05, 0) is 12.3 Å². The Hall–Kier alpha value is -0.860. The molecule has 3 heteroatoms. The van der Waals surface area contributed by atoms with Gasteiger partial charge in [-0.3, -0.25) is 9.59 Å². The van der Waals surface area contributed by atoms with Crippen molar-refractivity contribution in [3.63, 3.8) is 0 Å². The number of rotatable bonds is 1. The van der Waals surface area contributed by atoms with Gasteiger partial charge in [0.25, 0.3) is 0 Å². The molecule has 1 N–H and O–H groups in total. The normalized spacial score (nSPS) is 41.7. The summed E-state index contributed by atoms with van der Waals surface area (Å²) in [7, 11) is 0. The predicted molar refractivity (Wildman–Crippen MR) is 52.6 cm³/mol. The van der Waals surface area contributed by atoms with Crippen LogP contribution in [0, 0.1) is 17.8 Å². The van der Waals surface area contributed by atoms with Gasteiger partial charge in [-0.25, -0.2) is 0 Å². The molecule has 2 bridgehead atoms. The van der Waals surface area contributed by atoms with Crippen LogP contribution in [0.4, 0.5) is 0 Å². The number of ketones is 1. The molecule has 2 fully saturated rings. The van der Waals surface area contributed by atoms with Crippen molar-refractivity contribution in [1.82, 2.24) is 5.32 Å². The minimum atomic E-state index is -0.231. The fraction of sp³-hybridized carbons (Fsp3) is 0.818. The molecule has 0 aromatic rings. The first-order valence-electron chi connectivity index (χ1n) is 5.31. The minimum Gasteiger partial charge on any atom is -0.350 e. The molecule has 1 aliphatic carbocycles. The molecule has 14 heavy (non-hydrogen) atoms. The lowest BCUT2D eigenvalue weighted by atomic mass is 9.69. The molecule has 0 aromatic carbocycles. The zero-order chi connectivity index (χ0) is 10.5. The van der Waals surface area contributed by atoms with E-state index in [9.17, 15) is 9.59 Å². The fourth-order valence-corrected chi connectivity index (χ4v) is 2.67. The Bertz CT molecular complexity index is 296. The van der Waals surface area contributed by atoms with Crippen LogP contribution in [0.25, 0.3) is 0 Å². The number of hydrogen-bond donors (Lipinski definition) is 1. The molecule has 1 amide bonds. The van der Waals surface area contributed by atoms with Crippen LogP contribution in [0.5, 0.6) is 0 Å². The lowest BCUT2D eigenvalue weighted by molar-refractivity contribution is -0.131. The van der Waals surface area contributed by atoms with Crippen molar-refractivity contribution in [1.29, 1.82) is 0 Å². The molecule has 78 valence electrons. The van der Waals surface area contributed by atoms with Crippen molar-refractivity contribution in [2.24, 2.45) is 17.8 Å². The van der Waals surface area contributed by atoms with E-state index in [1.807, 2.05) is 6.92 Å². The Morgan fingerprint density at radius 1 is 1.43 bits per heavy atom. The van der Waals surface area contributed by atoms with Crippen LogP contribution < -0.4 is 5.32 Å². The van der Waals surface area contributed by atoms with Crippen molar-refractivity contribution in [2.45, 2.75) is 39.2 Å². The van der Waals surface area contributed by atoms with Gasteiger partial charge in [-0.2, -0.15) is 0 Å². The summed E-state index contributed by atoms with van der Waals surface area (Å²) in [5, 5.41) is 3.03. The Morgan fingerprint density at radius 2 is 2.07 bits per heavy atom. The smallest absolute Gasteiger partial charge is 0.224 e. The van der Waals surface area contributed by atoms with Gasteiger partial charge >= 0.3 is 0 Å². The van der Waals surface area contributed by atoms with E-state index >= 15 is 0 Å². The van der Waals surface area contributed by atoms with E-state index < -0.39 is 0 Å². The molecule has 1 saturated carbocycles. The molecular formula is C11H17NO2. The van der Waals surface area contributed by atoms with E-state index in [1.54, 1.807) is 0 Å². The highest BCUT2D eigenvalue weighted by atomic mass is 16.2. The fourth-order valence-electron chi connectivity index (χ4n) is 2.67. The molecule has 1 saturated heterocycles. The summed E-state index contributed by atoms with van der Waals surface area (Å²) in [4.78, 5) is 23.4. The number of carbonyl (C=O) groups is 2. The summed E-state index contributed by atoms with van der Waals surface area (Å²) in [5.41, 5.74) is -0.231.